The molecule has 0 aliphatic rings. The number of benzene rings is 2. The van der Waals surface area contributed by atoms with Crippen LogP contribution in [0.3, 0.4) is 0 Å². The van der Waals surface area contributed by atoms with E-state index in [1.807, 2.05) is 30.3 Å². The number of hydrogen-bond donors (Lipinski definition) is 1. The summed E-state index contributed by atoms with van der Waals surface area (Å²) in [6, 6.07) is 14.3. The average molecular weight is 350 g/mol. The van der Waals surface area contributed by atoms with Gasteiger partial charge in [-0.3, -0.25) is 5.10 Å². The molecule has 4 rings (SSSR count). The van der Waals surface area contributed by atoms with Gasteiger partial charge >= 0.3 is 0 Å². The molecule has 2 heterocycles. The van der Waals surface area contributed by atoms with Crippen molar-refractivity contribution in [1.82, 2.24) is 20.2 Å². The lowest BCUT2D eigenvalue weighted by atomic mass is 10.1. The van der Waals surface area contributed by atoms with Gasteiger partial charge < -0.3 is 9.47 Å². The van der Waals surface area contributed by atoms with Crippen LogP contribution in [-0.2, 0) is 6.61 Å². The highest BCUT2D eigenvalue weighted by atomic mass is 19.1. The first-order valence-electron chi connectivity index (χ1n) is 7.97. The number of nitrogens with zero attached hydrogens (tertiary/aromatic N) is 3. The molecule has 7 heteroatoms. The molecule has 0 radical (unpaired) electrons. The Kier molecular flexibility index (Phi) is 4.18. The Morgan fingerprint density at radius 2 is 1.92 bits per heavy atom. The van der Waals surface area contributed by atoms with Gasteiger partial charge in [0.05, 0.1) is 18.9 Å². The fraction of sp³-hybridized carbons (Fsp3) is 0.105. The van der Waals surface area contributed by atoms with Crippen LogP contribution in [0.1, 0.15) is 5.56 Å². The number of nitrogens with one attached hydrogen (secondary N) is 1. The first kappa shape index (κ1) is 16.0. The van der Waals surface area contributed by atoms with Gasteiger partial charge in [-0.15, -0.1) is 5.10 Å². The molecule has 0 fully saturated rings. The highest BCUT2D eigenvalue weighted by Crippen LogP contribution is 2.31. The minimum absolute atomic E-state index is 0.201. The lowest BCUT2D eigenvalue weighted by Crippen LogP contribution is -1.98. The number of fused-ring (bicyclic) bond motifs is 1. The van der Waals surface area contributed by atoms with Gasteiger partial charge in [0.1, 0.15) is 23.7 Å². The van der Waals surface area contributed by atoms with Crippen LogP contribution in [0.2, 0.25) is 0 Å². The van der Waals surface area contributed by atoms with Crippen molar-refractivity contribution in [3.8, 4) is 23.0 Å². The zero-order valence-corrected chi connectivity index (χ0v) is 13.9. The van der Waals surface area contributed by atoms with Crippen LogP contribution in [0.4, 0.5) is 4.39 Å². The van der Waals surface area contributed by atoms with E-state index in [2.05, 4.69) is 20.2 Å². The minimum atomic E-state index is -0.459. The maximum absolute atomic E-state index is 14.3. The Balaban J connectivity index is 1.71. The molecule has 2 aromatic heterocycles. The second kappa shape index (κ2) is 6.79. The SMILES string of the molecule is COc1cccc(F)c1-c1ncc2[nH]nc(OCc3ccccc3)c2n1. The standard InChI is InChI=1S/C19H15FN4O2/c1-25-15-9-5-8-13(20)16(15)18-21-10-14-17(22-18)19(24-23-14)26-11-12-6-3-2-4-7-12/h2-10H,11H2,1H3,(H,23,24). The molecular weight excluding hydrogens is 335 g/mol. The third-order valence-electron chi connectivity index (χ3n) is 3.91. The Hall–Kier alpha value is -3.48. The fourth-order valence-corrected chi connectivity index (χ4v) is 2.63. The molecule has 0 atom stereocenters. The molecule has 0 saturated carbocycles. The molecule has 4 aromatic rings. The van der Waals surface area contributed by atoms with Crippen molar-refractivity contribution >= 4 is 11.0 Å². The van der Waals surface area contributed by atoms with Crippen molar-refractivity contribution in [2.45, 2.75) is 6.61 Å². The summed E-state index contributed by atoms with van der Waals surface area (Å²) in [6.45, 7) is 0.350. The Morgan fingerprint density at radius 3 is 2.73 bits per heavy atom. The first-order valence-corrected chi connectivity index (χ1v) is 7.97. The third kappa shape index (κ3) is 2.95. The van der Waals surface area contributed by atoms with Crippen molar-refractivity contribution in [2.75, 3.05) is 7.11 Å². The molecule has 0 bridgehead atoms. The Morgan fingerprint density at radius 1 is 1.08 bits per heavy atom. The Bertz CT molecular complexity index is 1050. The van der Waals surface area contributed by atoms with Gasteiger partial charge in [0.25, 0.3) is 5.88 Å². The van der Waals surface area contributed by atoms with Crippen molar-refractivity contribution < 1.29 is 13.9 Å². The van der Waals surface area contributed by atoms with Gasteiger partial charge in [0.15, 0.2) is 11.3 Å². The maximum Gasteiger partial charge on any atom is 0.259 e. The maximum atomic E-state index is 14.3. The number of hydrogen-bond acceptors (Lipinski definition) is 5. The summed E-state index contributed by atoms with van der Waals surface area (Å²) in [5, 5.41) is 6.96. The summed E-state index contributed by atoms with van der Waals surface area (Å²) in [6.07, 6.45) is 1.55. The molecule has 1 N–H and O–H groups in total. The molecule has 26 heavy (non-hydrogen) atoms. The highest BCUT2D eigenvalue weighted by Gasteiger charge is 2.17. The summed E-state index contributed by atoms with van der Waals surface area (Å²) < 4.78 is 25.3. The van der Waals surface area contributed by atoms with Gasteiger partial charge in [-0.05, 0) is 17.7 Å². The van der Waals surface area contributed by atoms with Gasteiger partial charge in [0, 0.05) is 0 Å². The van der Waals surface area contributed by atoms with Crippen LogP contribution in [0.25, 0.3) is 22.4 Å². The monoisotopic (exact) mass is 350 g/mol. The van der Waals surface area contributed by atoms with Crippen LogP contribution in [0.15, 0.2) is 54.7 Å². The van der Waals surface area contributed by atoms with Gasteiger partial charge in [-0.2, -0.15) is 0 Å². The highest BCUT2D eigenvalue weighted by molar-refractivity contribution is 5.81. The summed E-state index contributed by atoms with van der Waals surface area (Å²) >= 11 is 0. The number of ether oxygens (including phenoxy) is 2. The Labute approximate surface area is 148 Å². The molecule has 0 amide bonds. The zero-order valence-electron chi connectivity index (χ0n) is 13.9. The largest absolute Gasteiger partial charge is 0.496 e. The predicted molar refractivity (Wildman–Crippen MR) is 94.4 cm³/mol. The van der Waals surface area contributed by atoms with E-state index in [0.717, 1.165) is 5.56 Å². The summed E-state index contributed by atoms with van der Waals surface area (Å²) in [4.78, 5) is 8.66. The van der Waals surface area contributed by atoms with E-state index in [0.29, 0.717) is 29.3 Å². The molecule has 0 spiro atoms. The summed E-state index contributed by atoms with van der Waals surface area (Å²) in [5.74, 6) is 0.444. The van der Waals surface area contributed by atoms with Crippen molar-refractivity contribution in [1.29, 1.82) is 0 Å². The quantitative estimate of drug-likeness (QED) is 0.593. The van der Waals surface area contributed by atoms with E-state index in [1.165, 1.54) is 13.2 Å². The van der Waals surface area contributed by atoms with E-state index >= 15 is 0 Å². The second-order valence-corrected chi connectivity index (χ2v) is 5.58. The van der Waals surface area contributed by atoms with Crippen molar-refractivity contribution in [3.63, 3.8) is 0 Å². The number of aromatic nitrogens is 4. The van der Waals surface area contributed by atoms with Crippen LogP contribution in [-0.4, -0.2) is 27.3 Å². The molecule has 6 nitrogen and oxygen atoms in total. The predicted octanol–water partition coefficient (Wildman–Crippen LogP) is 3.75. The van der Waals surface area contributed by atoms with E-state index in [1.54, 1.807) is 18.3 Å². The summed E-state index contributed by atoms with van der Waals surface area (Å²) in [7, 11) is 1.48. The first-order chi connectivity index (χ1) is 12.8. The van der Waals surface area contributed by atoms with Crippen LogP contribution in [0, 0.1) is 5.82 Å². The average Bonchev–Trinajstić information content (AvgIpc) is 3.09. The molecular formula is C19H15FN4O2. The number of aromatic amines is 1. The molecule has 0 aliphatic heterocycles. The molecule has 0 aliphatic carbocycles. The van der Waals surface area contributed by atoms with Gasteiger partial charge in [-0.1, -0.05) is 36.4 Å². The van der Waals surface area contributed by atoms with Crippen molar-refractivity contribution in [3.05, 3.63) is 66.1 Å². The third-order valence-corrected chi connectivity index (χ3v) is 3.91. The number of methoxy groups -OCH3 is 1. The van der Waals surface area contributed by atoms with E-state index < -0.39 is 5.82 Å². The van der Waals surface area contributed by atoms with Crippen LogP contribution in [0.5, 0.6) is 11.6 Å². The van der Waals surface area contributed by atoms with E-state index in [4.69, 9.17) is 9.47 Å². The van der Waals surface area contributed by atoms with Gasteiger partial charge in [0.2, 0.25) is 0 Å². The fourth-order valence-electron chi connectivity index (χ4n) is 2.63. The van der Waals surface area contributed by atoms with Crippen molar-refractivity contribution in [2.24, 2.45) is 0 Å². The number of rotatable bonds is 5. The minimum Gasteiger partial charge on any atom is -0.496 e. The lowest BCUT2D eigenvalue weighted by molar-refractivity contribution is 0.296. The number of H-pyrrole nitrogens is 1. The second-order valence-electron chi connectivity index (χ2n) is 5.58. The van der Waals surface area contributed by atoms with E-state index in [-0.39, 0.29) is 11.4 Å². The molecule has 0 saturated heterocycles. The number of halogens is 1. The van der Waals surface area contributed by atoms with Crippen LogP contribution >= 0.6 is 0 Å². The molecule has 2 aromatic carbocycles. The zero-order chi connectivity index (χ0) is 17.9. The molecule has 0 unspecified atom stereocenters. The summed E-state index contributed by atoms with van der Waals surface area (Å²) in [5.41, 5.74) is 2.30. The lowest BCUT2D eigenvalue weighted by Gasteiger charge is -2.08. The smallest absolute Gasteiger partial charge is 0.259 e. The van der Waals surface area contributed by atoms with Gasteiger partial charge in [-0.25, -0.2) is 14.4 Å². The topological polar surface area (TPSA) is 72.9 Å². The van der Waals surface area contributed by atoms with E-state index in [9.17, 15) is 4.39 Å². The normalized spacial score (nSPS) is 10.8. The molecule has 130 valence electrons. The van der Waals surface area contributed by atoms with Crippen LogP contribution < -0.4 is 9.47 Å².